The van der Waals surface area contributed by atoms with Gasteiger partial charge < -0.3 is 4.74 Å². The van der Waals surface area contributed by atoms with E-state index in [2.05, 4.69) is 25.8 Å². The van der Waals surface area contributed by atoms with E-state index in [1.165, 1.54) is 0 Å². The van der Waals surface area contributed by atoms with E-state index in [1.54, 1.807) is 34.0 Å². The van der Waals surface area contributed by atoms with Crippen LogP contribution in [0.1, 0.15) is 12.8 Å². The van der Waals surface area contributed by atoms with Crippen molar-refractivity contribution in [3.63, 3.8) is 0 Å². The lowest BCUT2D eigenvalue weighted by atomic mass is 10.2. The summed E-state index contributed by atoms with van der Waals surface area (Å²) in [5.74, 6) is 1.58. The van der Waals surface area contributed by atoms with Crippen molar-refractivity contribution in [3.05, 3.63) is 58.5 Å². The lowest BCUT2D eigenvalue weighted by Gasteiger charge is -2.14. The highest BCUT2D eigenvalue weighted by Crippen LogP contribution is 2.29. The van der Waals surface area contributed by atoms with Crippen molar-refractivity contribution >= 4 is 34.0 Å². The van der Waals surface area contributed by atoms with E-state index in [4.69, 9.17) is 4.74 Å². The molecule has 0 radical (unpaired) electrons. The van der Waals surface area contributed by atoms with Crippen LogP contribution in [-0.4, -0.2) is 42.8 Å². The van der Waals surface area contributed by atoms with Gasteiger partial charge in [0.15, 0.2) is 11.0 Å². The molecule has 4 heterocycles. The molecule has 3 aromatic heterocycles. The molecule has 1 saturated heterocycles. The summed E-state index contributed by atoms with van der Waals surface area (Å²) in [7, 11) is 0. The molecule has 1 aromatic carbocycles. The quantitative estimate of drug-likeness (QED) is 0.409. The standard InChI is InChI=1S/C21H21N5O2S2/c27-20-16-6-1-2-7-17(16)22-14-25(20)9-12-30-21-24-23-19(18-8-4-11-29-18)26(21)13-15-5-3-10-28-15/h1-2,4,6-8,11,14-15H,3,5,9-10,12-13H2. The monoisotopic (exact) mass is 439 g/mol. The number of fused-ring (bicyclic) bond motifs is 1. The van der Waals surface area contributed by atoms with Crippen LogP contribution in [0.25, 0.3) is 21.6 Å². The maximum Gasteiger partial charge on any atom is 0.261 e. The van der Waals surface area contributed by atoms with Gasteiger partial charge in [-0.2, -0.15) is 0 Å². The number of para-hydroxylation sites is 1. The molecule has 0 N–H and O–H groups in total. The normalized spacial score (nSPS) is 16.5. The Bertz CT molecular complexity index is 1200. The molecule has 1 aliphatic heterocycles. The number of ether oxygens (including phenoxy) is 1. The Hall–Kier alpha value is -2.49. The molecule has 0 amide bonds. The maximum atomic E-state index is 12.7. The molecular weight excluding hydrogens is 418 g/mol. The van der Waals surface area contributed by atoms with Crippen molar-refractivity contribution in [2.24, 2.45) is 0 Å². The molecule has 7 nitrogen and oxygen atoms in total. The minimum Gasteiger partial charge on any atom is -0.376 e. The van der Waals surface area contributed by atoms with Crippen molar-refractivity contribution in [2.45, 2.75) is 37.2 Å². The summed E-state index contributed by atoms with van der Waals surface area (Å²) in [4.78, 5) is 18.2. The van der Waals surface area contributed by atoms with E-state index in [0.717, 1.165) is 47.4 Å². The van der Waals surface area contributed by atoms with Gasteiger partial charge in [-0.1, -0.05) is 30.0 Å². The Kier molecular flexibility index (Phi) is 5.65. The van der Waals surface area contributed by atoms with Crippen molar-refractivity contribution < 1.29 is 4.74 Å². The number of thiophene rings is 1. The first-order valence-electron chi connectivity index (χ1n) is 9.95. The predicted octanol–water partition coefficient (Wildman–Crippen LogP) is 3.69. The van der Waals surface area contributed by atoms with Crippen molar-refractivity contribution in [1.29, 1.82) is 0 Å². The highest BCUT2D eigenvalue weighted by Gasteiger charge is 2.22. The molecule has 30 heavy (non-hydrogen) atoms. The Morgan fingerprint density at radius 2 is 2.13 bits per heavy atom. The topological polar surface area (TPSA) is 74.8 Å². The second-order valence-electron chi connectivity index (χ2n) is 7.14. The summed E-state index contributed by atoms with van der Waals surface area (Å²) < 4.78 is 9.67. The third-order valence-corrected chi connectivity index (χ3v) is 6.98. The van der Waals surface area contributed by atoms with Crippen LogP contribution in [0, 0.1) is 0 Å². The lowest BCUT2D eigenvalue weighted by Crippen LogP contribution is -2.21. The Morgan fingerprint density at radius 3 is 2.97 bits per heavy atom. The van der Waals surface area contributed by atoms with E-state index in [-0.39, 0.29) is 11.7 Å². The highest BCUT2D eigenvalue weighted by atomic mass is 32.2. The van der Waals surface area contributed by atoms with E-state index < -0.39 is 0 Å². The van der Waals surface area contributed by atoms with Gasteiger partial charge in [-0.3, -0.25) is 13.9 Å². The summed E-state index contributed by atoms with van der Waals surface area (Å²) in [6, 6.07) is 11.5. The first-order valence-corrected chi connectivity index (χ1v) is 11.8. The third-order valence-electron chi connectivity index (χ3n) is 5.16. The number of nitrogens with zero attached hydrogens (tertiary/aromatic N) is 5. The van der Waals surface area contributed by atoms with Crippen molar-refractivity contribution in [3.8, 4) is 10.7 Å². The number of hydrogen-bond donors (Lipinski definition) is 0. The molecule has 1 unspecified atom stereocenters. The predicted molar refractivity (Wildman–Crippen MR) is 119 cm³/mol. The third kappa shape index (κ3) is 3.92. The molecule has 0 aliphatic carbocycles. The molecule has 1 fully saturated rings. The van der Waals surface area contributed by atoms with Crippen LogP contribution >= 0.6 is 23.1 Å². The molecule has 4 aromatic rings. The number of benzene rings is 1. The molecule has 1 aliphatic rings. The van der Waals surface area contributed by atoms with Crippen LogP contribution in [0.4, 0.5) is 0 Å². The van der Waals surface area contributed by atoms with Crippen LogP contribution in [-0.2, 0) is 17.8 Å². The van der Waals surface area contributed by atoms with Gasteiger partial charge in [-0.05, 0) is 36.4 Å². The first kappa shape index (κ1) is 19.5. The number of aromatic nitrogens is 5. The SMILES string of the molecule is O=c1c2ccccc2ncn1CCSc1nnc(-c2cccs2)n1CC1CCCO1. The number of hydrogen-bond acceptors (Lipinski definition) is 7. The lowest BCUT2D eigenvalue weighted by molar-refractivity contribution is 0.0953. The van der Waals surface area contributed by atoms with E-state index >= 15 is 0 Å². The van der Waals surface area contributed by atoms with Gasteiger partial charge >= 0.3 is 0 Å². The zero-order valence-electron chi connectivity index (χ0n) is 16.3. The van der Waals surface area contributed by atoms with Gasteiger partial charge in [0.1, 0.15) is 0 Å². The summed E-state index contributed by atoms with van der Waals surface area (Å²) in [6.07, 6.45) is 3.98. The molecule has 154 valence electrons. The molecule has 0 bridgehead atoms. The van der Waals surface area contributed by atoms with Crippen LogP contribution in [0.3, 0.4) is 0 Å². The van der Waals surface area contributed by atoms with E-state index in [1.807, 2.05) is 35.7 Å². The Morgan fingerprint density at radius 1 is 1.20 bits per heavy atom. The Labute approximate surface area is 181 Å². The van der Waals surface area contributed by atoms with Gasteiger partial charge in [-0.25, -0.2) is 4.98 Å². The van der Waals surface area contributed by atoms with Crippen LogP contribution in [0.5, 0.6) is 0 Å². The fraction of sp³-hybridized carbons (Fsp3) is 0.333. The zero-order chi connectivity index (χ0) is 20.3. The van der Waals surface area contributed by atoms with E-state index in [9.17, 15) is 4.79 Å². The van der Waals surface area contributed by atoms with Crippen LogP contribution in [0.15, 0.2) is 58.1 Å². The summed E-state index contributed by atoms with van der Waals surface area (Å²) in [6.45, 7) is 2.13. The highest BCUT2D eigenvalue weighted by molar-refractivity contribution is 7.99. The second kappa shape index (κ2) is 8.71. The van der Waals surface area contributed by atoms with Gasteiger partial charge in [-0.15, -0.1) is 21.5 Å². The molecular formula is C21H21N5O2S2. The molecule has 1 atom stereocenters. The molecule has 9 heteroatoms. The smallest absolute Gasteiger partial charge is 0.261 e. The van der Waals surface area contributed by atoms with Gasteiger partial charge in [0.25, 0.3) is 5.56 Å². The molecule has 0 saturated carbocycles. The van der Waals surface area contributed by atoms with Crippen LogP contribution < -0.4 is 5.56 Å². The Balaban J connectivity index is 1.34. The van der Waals surface area contributed by atoms with Crippen molar-refractivity contribution in [2.75, 3.05) is 12.4 Å². The summed E-state index contributed by atoms with van der Waals surface area (Å²) >= 11 is 3.27. The second-order valence-corrected chi connectivity index (χ2v) is 9.15. The maximum absolute atomic E-state index is 12.7. The van der Waals surface area contributed by atoms with Gasteiger partial charge in [0.2, 0.25) is 0 Å². The summed E-state index contributed by atoms with van der Waals surface area (Å²) in [5, 5.41) is 12.4. The minimum atomic E-state index is -0.0127. The molecule has 0 spiro atoms. The average Bonchev–Trinajstić information content (AvgIpc) is 3.53. The fourth-order valence-electron chi connectivity index (χ4n) is 3.64. The number of rotatable bonds is 7. The first-order chi connectivity index (χ1) is 14.8. The zero-order valence-corrected chi connectivity index (χ0v) is 17.9. The number of aryl methyl sites for hydroxylation is 1. The van der Waals surface area contributed by atoms with Gasteiger partial charge in [0.05, 0.1) is 34.8 Å². The summed E-state index contributed by atoms with van der Waals surface area (Å²) in [5.41, 5.74) is 0.713. The largest absolute Gasteiger partial charge is 0.376 e. The van der Waals surface area contributed by atoms with E-state index in [0.29, 0.717) is 17.7 Å². The molecule has 5 rings (SSSR count). The average molecular weight is 440 g/mol. The van der Waals surface area contributed by atoms with Gasteiger partial charge in [0, 0.05) is 18.9 Å². The van der Waals surface area contributed by atoms with Crippen molar-refractivity contribution in [1.82, 2.24) is 24.3 Å². The fourth-order valence-corrected chi connectivity index (χ4v) is 5.24. The minimum absolute atomic E-state index is 0.0127. The number of thioether (sulfide) groups is 1. The van der Waals surface area contributed by atoms with Crippen LogP contribution in [0.2, 0.25) is 0 Å².